The number of aromatic nitrogens is 4. The van der Waals surface area contributed by atoms with Crippen LogP contribution in [0.5, 0.6) is 0 Å². The Bertz CT molecular complexity index is 727. The van der Waals surface area contributed by atoms with Gasteiger partial charge in [-0.25, -0.2) is 0 Å². The molecule has 3 aromatic rings. The quantitative estimate of drug-likeness (QED) is 0.796. The molecule has 2 heterocycles. The largest absolute Gasteiger partial charge is 0.396 e. The molecule has 0 aliphatic heterocycles. The predicted molar refractivity (Wildman–Crippen MR) is 79.6 cm³/mol. The van der Waals surface area contributed by atoms with E-state index in [0.717, 1.165) is 5.56 Å². The molecule has 3 rings (SSSR count). The van der Waals surface area contributed by atoms with Crippen LogP contribution in [0.15, 0.2) is 41.2 Å². The van der Waals surface area contributed by atoms with Crippen LogP contribution in [0.4, 0.5) is 5.69 Å². The van der Waals surface area contributed by atoms with Crippen molar-refractivity contribution in [3.63, 3.8) is 0 Å². The van der Waals surface area contributed by atoms with Crippen LogP contribution in [-0.2, 0) is 6.54 Å². The van der Waals surface area contributed by atoms with Crippen LogP contribution in [0.2, 0.25) is 0 Å². The zero-order valence-corrected chi connectivity index (χ0v) is 12.0. The highest BCUT2D eigenvalue weighted by molar-refractivity contribution is 5.54. The van der Waals surface area contributed by atoms with Crippen molar-refractivity contribution in [3.05, 3.63) is 48.1 Å². The fourth-order valence-electron chi connectivity index (χ4n) is 2.06. The molecule has 0 amide bonds. The van der Waals surface area contributed by atoms with E-state index < -0.39 is 0 Å². The molecule has 0 radical (unpaired) electrons. The van der Waals surface area contributed by atoms with Crippen LogP contribution in [0.1, 0.15) is 31.2 Å². The lowest BCUT2D eigenvalue weighted by molar-refractivity contribution is 0.366. The summed E-state index contributed by atoms with van der Waals surface area (Å²) in [5, 5.41) is 8.09. The molecule has 108 valence electrons. The molecule has 21 heavy (non-hydrogen) atoms. The van der Waals surface area contributed by atoms with Gasteiger partial charge >= 0.3 is 0 Å². The van der Waals surface area contributed by atoms with E-state index in [4.69, 9.17) is 10.3 Å². The smallest absolute Gasteiger partial charge is 0.248 e. The van der Waals surface area contributed by atoms with Crippen molar-refractivity contribution in [2.75, 3.05) is 5.73 Å². The first-order valence-electron chi connectivity index (χ1n) is 6.82. The number of rotatable bonds is 4. The summed E-state index contributed by atoms with van der Waals surface area (Å²) in [5.74, 6) is 1.59. The Morgan fingerprint density at radius 2 is 2.00 bits per heavy atom. The van der Waals surface area contributed by atoms with Gasteiger partial charge in [-0.1, -0.05) is 43.3 Å². The minimum Gasteiger partial charge on any atom is -0.396 e. The molecule has 0 aliphatic carbocycles. The molecule has 0 bridgehead atoms. The van der Waals surface area contributed by atoms with Gasteiger partial charge in [-0.2, -0.15) is 10.1 Å². The second-order valence-electron chi connectivity index (χ2n) is 5.26. The van der Waals surface area contributed by atoms with Gasteiger partial charge in [-0.05, 0) is 11.5 Å². The normalized spacial score (nSPS) is 11.2. The maximum absolute atomic E-state index is 5.62. The monoisotopic (exact) mass is 283 g/mol. The average Bonchev–Trinajstić information content (AvgIpc) is 3.09. The Morgan fingerprint density at radius 1 is 1.24 bits per heavy atom. The number of anilines is 1. The van der Waals surface area contributed by atoms with Crippen molar-refractivity contribution in [3.8, 4) is 11.4 Å². The third kappa shape index (κ3) is 2.94. The first kappa shape index (κ1) is 13.4. The molecule has 6 nitrogen and oxygen atoms in total. The maximum atomic E-state index is 5.62. The van der Waals surface area contributed by atoms with Gasteiger partial charge in [0.25, 0.3) is 0 Å². The third-order valence-corrected chi connectivity index (χ3v) is 3.25. The molecule has 0 spiro atoms. The van der Waals surface area contributed by atoms with E-state index in [1.165, 1.54) is 5.56 Å². The van der Waals surface area contributed by atoms with Gasteiger partial charge in [0.2, 0.25) is 11.7 Å². The highest BCUT2D eigenvalue weighted by Crippen LogP contribution is 2.20. The zero-order chi connectivity index (χ0) is 14.8. The molecule has 1 aromatic carbocycles. The molecule has 0 unspecified atom stereocenters. The summed E-state index contributed by atoms with van der Waals surface area (Å²) in [6, 6.07) is 8.19. The van der Waals surface area contributed by atoms with E-state index in [0.29, 0.717) is 29.9 Å². The van der Waals surface area contributed by atoms with Crippen LogP contribution in [0, 0.1) is 0 Å². The number of hydrogen-bond donors (Lipinski definition) is 1. The Balaban J connectivity index is 1.78. The standard InChI is InChI=1S/C15H17N5O/c1-10(2)11-3-5-12(6-4-11)15-18-14(21-19-15)9-20-8-13(16)7-17-20/h3-8,10H,9,16H2,1-2H3. The highest BCUT2D eigenvalue weighted by Gasteiger charge is 2.10. The molecule has 0 saturated carbocycles. The fraction of sp³-hybridized carbons (Fsp3) is 0.267. The van der Waals surface area contributed by atoms with Gasteiger partial charge in [-0.3, -0.25) is 4.68 Å². The van der Waals surface area contributed by atoms with E-state index in [1.54, 1.807) is 17.1 Å². The van der Waals surface area contributed by atoms with Crippen molar-refractivity contribution < 1.29 is 4.52 Å². The number of nitrogens with two attached hydrogens (primary N) is 1. The van der Waals surface area contributed by atoms with Crippen molar-refractivity contribution in [2.45, 2.75) is 26.3 Å². The Kier molecular flexibility index (Phi) is 3.43. The fourth-order valence-corrected chi connectivity index (χ4v) is 2.06. The molecule has 0 fully saturated rings. The second kappa shape index (κ2) is 5.40. The minimum absolute atomic E-state index is 0.411. The summed E-state index contributed by atoms with van der Waals surface area (Å²) in [4.78, 5) is 4.38. The van der Waals surface area contributed by atoms with E-state index in [2.05, 4.69) is 41.2 Å². The molecular weight excluding hydrogens is 266 g/mol. The first-order chi connectivity index (χ1) is 10.1. The van der Waals surface area contributed by atoms with Crippen molar-refractivity contribution >= 4 is 5.69 Å². The maximum Gasteiger partial charge on any atom is 0.248 e. The molecule has 0 atom stereocenters. The van der Waals surface area contributed by atoms with Gasteiger partial charge in [0.05, 0.1) is 11.9 Å². The van der Waals surface area contributed by atoms with Gasteiger partial charge in [0, 0.05) is 11.8 Å². The average molecular weight is 283 g/mol. The van der Waals surface area contributed by atoms with E-state index in [1.807, 2.05) is 12.1 Å². The minimum atomic E-state index is 0.411. The van der Waals surface area contributed by atoms with Crippen LogP contribution in [0.25, 0.3) is 11.4 Å². The number of nitrogens with zero attached hydrogens (tertiary/aromatic N) is 4. The van der Waals surface area contributed by atoms with Gasteiger partial charge in [0.1, 0.15) is 6.54 Å². The topological polar surface area (TPSA) is 82.8 Å². The predicted octanol–water partition coefficient (Wildman–Crippen LogP) is 2.69. The number of nitrogen functional groups attached to an aromatic ring is 1. The number of hydrogen-bond acceptors (Lipinski definition) is 5. The summed E-state index contributed by atoms with van der Waals surface area (Å²) in [7, 11) is 0. The van der Waals surface area contributed by atoms with Gasteiger partial charge < -0.3 is 10.3 Å². The van der Waals surface area contributed by atoms with Gasteiger partial charge in [0.15, 0.2) is 0 Å². The molecule has 0 saturated heterocycles. The first-order valence-corrected chi connectivity index (χ1v) is 6.82. The van der Waals surface area contributed by atoms with E-state index in [-0.39, 0.29) is 0 Å². The van der Waals surface area contributed by atoms with Crippen molar-refractivity contribution in [2.24, 2.45) is 0 Å². The van der Waals surface area contributed by atoms with Gasteiger partial charge in [-0.15, -0.1) is 0 Å². The lowest BCUT2D eigenvalue weighted by atomic mass is 10.0. The molecular formula is C15H17N5O. The Labute approximate surface area is 122 Å². The van der Waals surface area contributed by atoms with E-state index in [9.17, 15) is 0 Å². The van der Waals surface area contributed by atoms with E-state index >= 15 is 0 Å². The SMILES string of the molecule is CC(C)c1ccc(-c2noc(Cn3cc(N)cn3)n2)cc1. The number of benzene rings is 1. The second-order valence-corrected chi connectivity index (χ2v) is 5.26. The van der Waals surface area contributed by atoms with Crippen molar-refractivity contribution in [1.29, 1.82) is 0 Å². The highest BCUT2D eigenvalue weighted by atomic mass is 16.5. The molecule has 2 aromatic heterocycles. The zero-order valence-electron chi connectivity index (χ0n) is 12.0. The van der Waals surface area contributed by atoms with Crippen LogP contribution >= 0.6 is 0 Å². The Hall–Kier alpha value is -2.63. The third-order valence-electron chi connectivity index (χ3n) is 3.25. The summed E-state index contributed by atoms with van der Waals surface area (Å²) >= 11 is 0. The molecule has 2 N–H and O–H groups in total. The van der Waals surface area contributed by atoms with Crippen LogP contribution < -0.4 is 5.73 Å². The summed E-state index contributed by atoms with van der Waals surface area (Å²) in [6.07, 6.45) is 3.31. The molecule has 0 aliphatic rings. The molecule has 6 heteroatoms. The summed E-state index contributed by atoms with van der Waals surface area (Å²) in [5.41, 5.74) is 8.45. The summed E-state index contributed by atoms with van der Waals surface area (Å²) in [6.45, 7) is 4.74. The van der Waals surface area contributed by atoms with Crippen molar-refractivity contribution in [1.82, 2.24) is 19.9 Å². The van der Waals surface area contributed by atoms with Crippen LogP contribution in [0.3, 0.4) is 0 Å². The Morgan fingerprint density at radius 3 is 2.62 bits per heavy atom. The van der Waals surface area contributed by atoms with Crippen LogP contribution in [-0.4, -0.2) is 19.9 Å². The lowest BCUT2D eigenvalue weighted by Gasteiger charge is -2.04. The summed E-state index contributed by atoms with van der Waals surface area (Å²) < 4.78 is 6.91. The lowest BCUT2D eigenvalue weighted by Crippen LogP contribution is -2.00.